The third-order valence-corrected chi connectivity index (χ3v) is 9.41. The fourth-order valence-electron chi connectivity index (χ4n) is 5.04. The zero-order chi connectivity index (χ0) is 30.2. The van der Waals surface area contributed by atoms with E-state index in [9.17, 15) is 18.0 Å². The lowest BCUT2D eigenvalue weighted by Gasteiger charge is -2.29. The highest BCUT2D eigenvalue weighted by atomic mass is 35.5. The quantitative estimate of drug-likeness (QED) is 0.273. The fourth-order valence-corrected chi connectivity index (χ4v) is 6.77. The summed E-state index contributed by atoms with van der Waals surface area (Å²) in [4.78, 5) is 36.8. The molecule has 11 heteroatoms. The topological polar surface area (TPSA) is 113 Å². The van der Waals surface area contributed by atoms with Crippen LogP contribution in [0.2, 0.25) is 5.02 Å². The molecule has 1 atom stereocenters. The Bertz CT molecular complexity index is 1600. The van der Waals surface area contributed by atoms with Crippen molar-refractivity contribution in [3.63, 3.8) is 0 Å². The average Bonchev–Trinajstić information content (AvgIpc) is 3.24. The number of carbonyl (C=O) groups excluding carboxylic acids is 2. The molecule has 0 spiro atoms. The number of carbonyl (C=O) groups is 2. The summed E-state index contributed by atoms with van der Waals surface area (Å²) in [7, 11) is -4.05. The fraction of sp³-hybridized carbons (Fsp3) is 0.250. The highest BCUT2D eigenvalue weighted by molar-refractivity contribution is 7.89. The molecule has 2 aromatic heterocycles. The zero-order valence-corrected chi connectivity index (χ0v) is 25.0. The summed E-state index contributed by atoms with van der Waals surface area (Å²) in [5.74, 6) is -0.503. The number of nitrogens with zero attached hydrogens (tertiary/aromatic N) is 4. The Morgan fingerprint density at radius 2 is 1.47 bits per heavy atom. The lowest BCUT2D eigenvalue weighted by Crippen LogP contribution is -2.48. The van der Waals surface area contributed by atoms with E-state index in [4.69, 9.17) is 11.6 Å². The molecule has 5 rings (SSSR count). The normalized spacial score (nSPS) is 15.5. The molecule has 3 heterocycles. The molecule has 222 valence electrons. The van der Waals surface area contributed by atoms with Gasteiger partial charge in [0.05, 0.1) is 4.90 Å². The first-order valence-corrected chi connectivity index (χ1v) is 15.8. The van der Waals surface area contributed by atoms with Gasteiger partial charge in [-0.2, -0.15) is 4.31 Å². The minimum Gasteiger partial charge on any atom is -0.355 e. The Morgan fingerprint density at radius 3 is 2.05 bits per heavy atom. The van der Waals surface area contributed by atoms with Gasteiger partial charge in [0.2, 0.25) is 15.9 Å². The third kappa shape index (κ3) is 7.64. The zero-order valence-electron chi connectivity index (χ0n) is 23.5. The monoisotopic (exact) mass is 617 g/mol. The van der Waals surface area contributed by atoms with Crippen LogP contribution in [0.1, 0.15) is 46.3 Å². The number of pyridine rings is 2. The van der Waals surface area contributed by atoms with Gasteiger partial charge in [-0.05, 0) is 84.5 Å². The maximum Gasteiger partial charge on any atom is 0.254 e. The minimum absolute atomic E-state index is 0.0351. The van der Waals surface area contributed by atoms with Crippen LogP contribution in [0.3, 0.4) is 0 Å². The molecule has 1 saturated heterocycles. The van der Waals surface area contributed by atoms with Crippen LogP contribution >= 0.6 is 11.6 Å². The van der Waals surface area contributed by atoms with Crippen molar-refractivity contribution in [1.29, 1.82) is 0 Å². The number of amides is 2. The molecule has 2 amide bonds. The number of nitrogens with one attached hydrogen (secondary N) is 1. The summed E-state index contributed by atoms with van der Waals surface area (Å²) >= 11 is 6.01. The van der Waals surface area contributed by atoms with Crippen LogP contribution in [-0.2, 0) is 34.5 Å². The Balaban J connectivity index is 1.41. The van der Waals surface area contributed by atoms with Crippen LogP contribution in [0, 0.1) is 0 Å². The van der Waals surface area contributed by atoms with Gasteiger partial charge in [-0.15, -0.1) is 0 Å². The van der Waals surface area contributed by atoms with E-state index in [2.05, 4.69) is 15.3 Å². The molecule has 4 aromatic rings. The van der Waals surface area contributed by atoms with E-state index in [0.29, 0.717) is 48.6 Å². The molecule has 2 aromatic carbocycles. The smallest absolute Gasteiger partial charge is 0.254 e. The molecule has 1 aliphatic heterocycles. The van der Waals surface area contributed by atoms with E-state index in [1.54, 1.807) is 54.0 Å². The first kappa shape index (κ1) is 30.3. The van der Waals surface area contributed by atoms with E-state index in [1.807, 2.05) is 24.3 Å². The molecule has 0 unspecified atom stereocenters. The van der Waals surface area contributed by atoms with Crippen molar-refractivity contribution >= 4 is 33.4 Å². The molecule has 9 nitrogen and oxygen atoms in total. The van der Waals surface area contributed by atoms with Crippen LogP contribution in [0.5, 0.6) is 0 Å². The maximum absolute atomic E-state index is 13.8. The Labute approximate surface area is 256 Å². The van der Waals surface area contributed by atoms with Gasteiger partial charge in [0.1, 0.15) is 6.04 Å². The summed E-state index contributed by atoms with van der Waals surface area (Å²) in [5.41, 5.74) is 2.88. The second-order valence-corrected chi connectivity index (χ2v) is 12.7. The summed E-state index contributed by atoms with van der Waals surface area (Å²) < 4.78 is 29.0. The molecule has 0 bridgehead atoms. The van der Waals surface area contributed by atoms with Crippen LogP contribution in [0.4, 0.5) is 0 Å². The van der Waals surface area contributed by atoms with Gasteiger partial charge >= 0.3 is 0 Å². The Morgan fingerprint density at radius 1 is 0.837 bits per heavy atom. The van der Waals surface area contributed by atoms with Crippen LogP contribution in [0.15, 0.2) is 102 Å². The molecule has 0 saturated carbocycles. The van der Waals surface area contributed by atoms with Crippen molar-refractivity contribution in [1.82, 2.24) is 24.5 Å². The molecular formula is C32H32ClN5O4S. The second kappa shape index (κ2) is 13.9. The first-order valence-electron chi connectivity index (χ1n) is 14.0. The van der Waals surface area contributed by atoms with Crippen molar-refractivity contribution in [2.75, 3.05) is 6.54 Å². The highest BCUT2D eigenvalue weighted by Crippen LogP contribution is 2.26. The van der Waals surface area contributed by atoms with Gasteiger partial charge in [0, 0.05) is 61.6 Å². The van der Waals surface area contributed by atoms with Crippen molar-refractivity contribution < 1.29 is 18.0 Å². The molecule has 0 radical (unpaired) electrons. The van der Waals surface area contributed by atoms with Crippen molar-refractivity contribution in [3.8, 4) is 0 Å². The number of aromatic nitrogens is 2. The summed E-state index contributed by atoms with van der Waals surface area (Å²) in [6, 6.07) is 19.4. The lowest BCUT2D eigenvalue weighted by atomic mass is 10.1. The summed E-state index contributed by atoms with van der Waals surface area (Å²) in [6.45, 7) is 1.18. The number of benzene rings is 2. The van der Waals surface area contributed by atoms with E-state index in [0.717, 1.165) is 17.5 Å². The predicted molar refractivity (Wildman–Crippen MR) is 163 cm³/mol. The standard InChI is InChI=1S/C32H32ClN5O4S/c33-28-12-14-29(15-13-28)43(41,42)38(30-7-1-2-18-36-31(30)39)23-24-8-10-27(11-9-24)32(40)37(21-25-5-3-16-34-19-25)22-26-6-4-17-35-20-26/h3-6,8-17,19-20,30H,1-2,7,18,21-23H2,(H,36,39)/t30-/m1/s1. The second-order valence-electron chi connectivity index (χ2n) is 10.4. The van der Waals surface area contributed by atoms with Crippen molar-refractivity contribution in [2.24, 2.45) is 0 Å². The number of rotatable bonds is 10. The largest absolute Gasteiger partial charge is 0.355 e. The van der Waals surface area contributed by atoms with Gasteiger partial charge in [-0.1, -0.05) is 35.9 Å². The number of hydrogen-bond donors (Lipinski definition) is 1. The van der Waals surface area contributed by atoms with Crippen LogP contribution in [0.25, 0.3) is 0 Å². The van der Waals surface area contributed by atoms with Gasteiger partial charge in [-0.25, -0.2) is 8.42 Å². The molecule has 43 heavy (non-hydrogen) atoms. The predicted octanol–water partition coefficient (Wildman–Crippen LogP) is 4.83. The Kier molecular flexibility index (Phi) is 9.81. The number of halogens is 1. The van der Waals surface area contributed by atoms with Gasteiger partial charge in [0.25, 0.3) is 5.91 Å². The molecular weight excluding hydrogens is 586 g/mol. The summed E-state index contributed by atoms with van der Waals surface area (Å²) in [6.07, 6.45) is 8.73. The van der Waals surface area contributed by atoms with E-state index in [1.165, 1.54) is 28.6 Å². The molecule has 1 aliphatic rings. The maximum atomic E-state index is 13.8. The third-order valence-electron chi connectivity index (χ3n) is 7.29. The average molecular weight is 618 g/mol. The SMILES string of the molecule is O=C1NCCCC[C@H]1N(Cc1ccc(C(=O)N(Cc2cccnc2)Cc2cccnc2)cc1)S(=O)(=O)c1ccc(Cl)cc1. The minimum atomic E-state index is -4.05. The van der Waals surface area contributed by atoms with Gasteiger partial charge < -0.3 is 10.2 Å². The van der Waals surface area contributed by atoms with Crippen LogP contribution < -0.4 is 5.32 Å². The van der Waals surface area contributed by atoms with Crippen LogP contribution in [-0.4, -0.2) is 52.0 Å². The lowest BCUT2D eigenvalue weighted by molar-refractivity contribution is -0.124. The first-order chi connectivity index (χ1) is 20.8. The van der Waals surface area contributed by atoms with Gasteiger partial charge in [-0.3, -0.25) is 19.6 Å². The highest BCUT2D eigenvalue weighted by Gasteiger charge is 2.36. The van der Waals surface area contributed by atoms with E-state index >= 15 is 0 Å². The molecule has 0 aliphatic carbocycles. The number of sulfonamides is 1. The van der Waals surface area contributed by atoms with E-state index in [-0.39, 0.29) is 23.3 Å². The molecule has 1 N–H and O–H groups in total. The Hall–Kier alpha value is -4.12. The number of hydrogen-bond acceptors (Lipinski definition) is 6. The van der Waals surface area contributed by atoms with Gasteiger partial charge in [0.15, 0.2) is 0 Å². The summed E-state index contributed by atoms with van der Waals surface area (Å²) in [5, 5.41) is 3.26. The van der Waals surface area contributed by atoms with Crippen molar-refractivity contribution in [2.45, 2.75) is 49.8 Å². The van der Waals surface area contributed by atoms with E-state index < -0.39 is 16.1 Å². The van der Waals surface area contributed by atoms with Crippen molar-refractivity contribution in [3.05, 3.63) is 125 Å². The molecule has 1 fully saturated rings.